The lowest BCUT2D eigenvalue weighted by atomic mass is 9.99. The Bertz CT molecular complexity index is 150. The molecule has 1 saturated heterocycles. The van der Waals surface area contributed by atoms with Crippen molar-refractivity contribution >= 4 is 0 Å². The van der Waals surface area contributed by atoms with Gasteiger partial charge in [0.25, 0.3) is 5.85 Å². The third-order valence-electron chi connectivity index (χ3n) is 1.81. The molecule has 3 N–H and O–H groups in total. The molecule has 1 aliphatic rings. The summed E-state index contributed by atoms with van der Waals surface area (Å²) >= 11 is 0. The summed E-state index contributed by atoms with van der Waals surface area (Å²) in [7, 11) is 0. The van der Waals surface area contributed by atoms with Gasteiger partial charge in [0.1, 0.15) is 18.8 Å². The molecule has 4 atom stereocenters. The van der Waals surface area contributed by atoms with Crippen LogP contribution in [-0.4, -0.2) is 46.1 Å². The number of aliphatic hydroxyl groups is 3. The largest absolute Gasteiger partial charge is 0.387 e. The van der Waals surface area contributed by atoms with E-state index in [-0.39, 0.29) is 0 Å². The smallest absolute Gasteiger partial charge is 0.259 e. The van der Waals surface area contributed by atoms with E-state index in [0.29, 0.717) is 0 Å². The Morgan fingerprint density at radius 1 is 1.55 bits per heavy atom. The summed E-state index contributed by atoms with van der Waals surface area (Å²) in [5.74, 6) is -2.83. The van der Waals surface area contributed by atoms with Gasteiger partial charge >= 0.3 is 0 Å². The molecule has 1 fully saturated rings. The average Bonchev–Trinajstić information content (AvgIpc) is 1.95. The lowest BCUT2D eigenvalue weighted by molar-refractivity contribution is -0.281. The van der Waals surface area contributed by atoms with Crippen LogP contribution in [0.2, 0.25) is 0 Å². The molecule has 0 aromatic carbocycles. The Labute approximate surface area is 63.2 Å². The maximum absolute atomic E-state index is 12.7. The van der Waals surface area contributed by atoms with Gasteiger partial charge in [-0.25, -0.2) is 4.39 Å². The van der Waals surface area contributed by atoms with Crippen LogP contribution in [0.5, 0.6) is 0 Å². The fraction of sp³-hybridized carbons (Fsp3) is 1.00. The number of alkyl halides is 1. The number of rotatable bonds is 0. The van der Waals surface area contributed by atoms with Crippen LogP contribution in [0, 0.1) is 0 Å². The summed E-state index contributed by atoms with van der Waals surface area (Å²) in [6, 6.07) is 0. The lowest BCUT2D eigenvalue weighted by Gasteiger charge is -2.37. The molecule has 0 radical (unpaired) electrons. The van der Waals surface area contributed by atoms with Crippen molar-refractivity contribution in [3.8, 4) is 0 Å². The number of hydrogen-bond acceptors (Lipinski definition) is 4. The molecule has 0 bridgehead atoms. The van der Waals surface area contributed by atoms with Crippen molar-refractivity contribution in [3.63, 3.8) is 0 Å². The molecule has 0 amide bonds. The van der Waals surface area contributed by atoms with Gasteiger partial charge in [0.15, 0.2) is 0 Å². The van der Waals surface area contributed by atoms with E-state index < -0.39 is 30.8 Å². The van der Waals surface area contributed by atoms with Crippen LogP contribution >= 0.6 is 0 Å². The zero-order chi connectivity index (χ0) is 8.65. The van der Waals surface area contributed by atoms with Gasteiger partial charge in [-0.3, -0.25) is 0 Å². The highest BCUT2D eigenvalue weighted by atomic mass is 19.2. The molecule has 66 valence electrons. The Balaban J connectivity index is 2.67. The molecule has 1 rings (SSSR count). The number of aliphatic hydroxyl groups excluding tert-OH is 2. The molecule has 0 aromatic heterocycles. The Morgan fingerprint density at radius 2 is 2.09 bits per heavy atom. The molecule has 0 aliphatic carbocycles. The standard InChI is InChI=1S/C6H11FO4/c1-3-4(8)5(9)6(7,10)2-11-3/h3-5,8-10H,2H2,1H3/t3-,4+,5+,6-/m1/s1. The first kappa shape index (κ1) is 8.86. The second-order valence-electron chi connectivity index (χ2n) is 2.77. The zero-order valence-corrected chi connectivity index (χ0v) is 6.07. The predicted octanol–water partition coefficient (Wildman–Crippen LogP) is -1.22. The monoisotopic (exact) mass is 166 g/mol. The molecule has 11 heavy (non-hydrogen) atoms. The number of hydrogen-bond donors (Lipinski definition) is 3. The second kappa shape index (κ2) is 2.67. The number of halogens is 1. The van der Waals surface area contributed by atoms with Crippen molar-refractivity contribution in [2.45, 2.75) is 31.1 Å². The van der Waals surface area contributed by atoms with Gasteiger partial charge in [0.2, 0.25) is 0 Å². The summed E-state index contributed by atoms with van der Waals surface area (Å²) in [6.07, 6.45) is -3.81. The predicted molar refractivity (Wildman–Crippen MR) is 33.5 cm³/mol. The van der Waals surface area contributed by atoms with Crippen LogP contribution < -0.4 is 0 Å². The fourth-order valence-electron chi connectivity index (χ4n) is 0.951. The minimum atomic E-state index is -2.83. The van der Waals surface area contributed by atoms with E-state index in [4.69, 9.17) is 15.3 Å². The van der Waals surface area contributed by atoms with E-state index in [1.165, 1.54) is 6.92 Å². The van der Waals surface area contributed by atoms with E-state index in [1.807, 2.05) is 0 Å². The second-order valence-corrected chi connectivity index (χ2v) is 2.77. The van der Waals surface area contributed by atoms with Crippen molar-refractivity contribution in [3.05, 3.63) is 0 Å². The lowest BCUT2D eigenvalue weighted by Crippen LogP contribution is -2.58. The van der Waals surface area contributed by atoms with Gasteiger partial charge in [0, 0.05) is 0 Å². The van der Waals surface area contributed by atoms with Crippen LogP contribution in [0.15, 0.2) is 0 Å². The number of ether oxygens (including phenoxy) is 1. The van der Waals surface area contributed by atoms with E-state index >= 15 is 0 Å². The molecule has 1 aliphatic heterocycles. The Morgan fingerprint density at radius 3 is 2.55 bits per heavy atom. The third kappa shape index (κ3) is 1.51. The van der Waals surface area contributed by atoms with Gasteiger partial charge in [-0.05, 0) is 6.92 Å². The molecule has 5 heteroatoms. The van der Waals surface area contributed by atoms with Gasteiger partial charge in [-0.1, -0.05) is 0 Å². The summed E-state index contributed by atoms with van der Waals surface area (Å²) < 4.78 is 17.3. The zero-order valence-electron chi connectivity index (χ0n) is 6.07. The quantitative estimate of drug-likeness (QED) is 0.422. The first-order chi connectivity index (χ1) is 4.95. The van der Waals surface area contributed by atoms with Gasteiger partial charge in [-0.15, -0.1) is 0 Å². The third-order valence-corrected chi connectivity index (χ3v) is 1.81. The summed E-state index contributed by atoms with van der Waals surface area (Å²) in [4.78, 5) is 0. The summed E-state index contributed by atoms with van der Waals surface area (Å²) in [5.41, 5.74) is 0. The molecule has 0 aromatic rings. The normalized spacial score (nSPS) is 52.6. The van der Waals surface area contributed by atoms with Crippen molar-refractivity contribution in [1.82, 2.24) is 0 Å². The van der Waals surface area contributed by atoms with E-state index in [1.54, 1.807) is 0 Å². The van der Waals surface area contributed by atoms with Crippen LogP contribution in [-0.2, 0) is 4.74 Å². The average molecular weight is 166 g/mol. The molecule has 0 unspecified atom stereocenters. The van der Waals surface area contributed by atoms with Crippen molar-refractivity contribution < 1.29 is 24.4 Å². The molecular formula is C6H11FO4. The Hall–Kier alpha value is -0.230. The molecule has 1 heterocycles. The maximum Gasteiger partial charge on any atom is 0.259 e. The highest BCUT2D eigenvalue weighted by Gasteiger charge is 2.47. The van der Waals surface area contributed by atoms with E-state index in [9.17, 15) is 4.39 Å². The van der Waals surface area contributed by atoms with Crippen LogP contribution in [0.3, 0.4) is 0 Å². The van der Waals surface area contributed by atoms with Crippen molar-refractivity contribution in [1.29, 1.82) is 0 Å². The minimum absolute atomic E-state index is 0.605. The minimum Gasteiger partial charge on any atom is -0.387 e. The maximum atomic E-state index is 12.7. The van der Waals surface area contributed by atoms with Gasteiger partial charge in [-0.2, -0.15) is 0 Å². The first-order valence-corrected chi connectivity index (χ1v) is 3.34. The van der Waals surface area contributed by atoms with E-state index in [0.717, 1.165) is 0 Å². The highest BCUT2D eigenvalue weighted by Crippen LogP contribution is 2.24. The molecule has 4 nitrogen and oxygen atoms in total. The SMILES string of the molecule is C[C@H]1OC[C@](O)(F)[C@@H](O)[C@H]1O. The topological polar surface area (TPSA) is 69.9 Å². The fourth-order valence-corrected chi connectivity index (χ4v) is 0.951. The first-order valence-electron chi connectivity index (χ1n) is 3.34. The summed E-state index contributed by atoms with van der Waals surface area (Å²) in [6.45, 7) is 0.884. The molecular weight excluding hydrogens is 155 g/mol. The highest BCUT2D eigenvalue weighted by molar-refractivity contribution is 4.89. The van der Waals surface area contributed by atoms with E-state index in [2.05, 4.69) is 4.74 Å². The van der Waals surface area contributed by atoms with Crippen LogP contribution in [0.1, 0.15) is 6.92 Å². The van der Waals surface area contributed by atoms with Crippen LogP contribution in [0.25, 0.3) is 0 Å². The van der Waals surface area contributed by atoms with Gasteiger partial charge < -0.3 is 20.1 Å². The summed E-state index contributed by atoms with van der Waals surface area (Å²) in [5, 5.41) is 26.7. The van der Waals surface area contributed by atoms with Crippen LogP contribution in [0.4, 0.5) is 4.39 Å². The Kier molecular flexibility index (Phi) is 2.15. The van der Waals surface area contributed by atoms with Crippen molar-refractivity contribution in [2.75, 3.05) is 6.61 Å². The van der Waals surface area contributed by atoms with Gasteiger partial charge in [0.05, 0.1) is 6.10 Å². The van der Waals surface area contributed by atoms with Crippen molar-refractivity contribution in [2.24, 2.45) is 0 Å². The molecule has 0 saturated carbocycles. The molecule has 0 spiro atoms.